The fourth-order valence-electron chi connectivity index (χ4n) is 5.56. The zero-order valence-corrected chi connectivity index (χ0v) is 25.7. The van der Waals surface area contributed by atoms with Crippen molar-refractivity contribution in [3.05, 3.63) is 41.4 Å². The van der Waals surface area contributed by atoms with Gasteiger partial charge in [-0.2, -0.15) is 8.61 Å². The lowest BCUT2D eigenvalue weighted by Crippen LogP contribution is -2.42. The Labute approximate surface area is 241 Å². The van der Waals surface area contributed by atoms with E-state index in [2.05, 4.69) is 6.07 Å². The minimum absolute atomic E-state index is 0.0301. The molecule has 1 aromatic heterocycles. The molecule has 0 saturated carbocycles. The largest absolute Gasteiger partial charge is 0.492 e. The van der Waals surface area contributed by atoms with E-state index < -0.39 is 20.0 Å². The lowest BCUT2D eigenvalue weighted by atomic mass is 9.99. The summed E-state index contributed by atoms with van der Waals surface area (Å²) >= 11 is 1.66. The van der Waals surface area contributed by atoms with E-state index in [0.29, 0.717) is 32.5 Å². The van der Waals surface area contributed by atoms with Crippen LogP contribution in [0.25, 0.3) is 10.2 Å². The van der Waals surface area contributed by atoms with Gasteiger partial charge in [-0.3, -0.25) is 0 Å². The average molecular weight is 608 g/mol. The number of para-hydroxylation sites is 1. The van der Waals surface area contributed by atoms with Crippen LogP contribution in [0.2, 0.25) is 0 Å². The SMILES string of the molecule is CCOc1cc(S(=O)(=O)N2CCCCC2C)c(OCC)cc1S(=O)(=O)N1CCC(c2nc3ccccc3s2)CC1. The first-order chi connectivity index (χ1) is 19.2. The molecule has 1 unspecified atom stereocenters. The lowest BCUT2D eigenvalue weighted by molar-refractivity contribution is 0.265. The Kier molecular flexibility index (Phi) is 8.72. The van der Waals surface area contributed by atoms with E-state index >= 15 is 0 Å². The molecule has 2 fully saturated rings. The standard InChI is InChI=1S/C28H37N3O6S3/c1-4-36-23-19-27(40(34,35)31-15-9-8-10-20(31)3)24(37-5-2)18-26(23)39(32,33)30-16-13-21(14-17-30)28-29-22-11-6-7-12-25(22)38-28/h6-7,11-12,18-21H,4-5,8-10,13-17H2,1-3H3. The van der Waals surface area contributed by atoms with E-state index in [1.54, 1.807) is 25.2 Å². The van der Waals surface area contributed by atoms with Gasteiger partial charge in [-0.1, -0.05) is 18.6 Å². The lowest BCUT2D eigenvalue weighted by Gasteiger charge is -2.33. The quantitative estimate of drug-likeness (QED) is 0.328. The summed E-state index contributed by atoms with van der Waals surface area (Å²) < 4.78 is 71.1. The van der Waals surface area contributed by atoms with Crippen molar-refractivity contribution in [1.29, 1.82) is 0 Å². The Balaban J connectivity index is 1.45. The molecule has 2 aliphatic heterocycles. The van der Waals surface area contributed by atoms with E-state index in [9.17, 15) is 16.8 Å². The summed E-state index contributed by atoms with van der Waals surface area (Å²) in [5, 5.41) is 1.04. The molecule has 0 radical (unpaired) electrons. The van der Waals surface area contributed by atoms with Gasteiger partial charge in [0.25, 0.3) is 0 Å². The van der Waals surface area contributed by atoms with Gasteiger partial charge in [-0.25, -0.2) is 21.8 Å². The van der Waals surface area contributed by atoms with Gasteiger partial charge in [0.1, 0.15) is 21.3 Å². The summed E-state index contributed by atoms with van der Waals surface area (Å²) in [6, 6.07) is 10.5. The fourth-order valence-corrected chi connectivity index (χ4v) is 10.1. The molecule has 0 bridgehead atoms. The van der Waals surface area contributed by atoms with E-state index in [-0.39, 0.29) is 46.5 Å². The van der Waals surface area contributed by atoms with Gasteiger partial charge in [-0.05, 0) is 58.6 Å². The van der Waals surface area contributed by atoms with Crippen LogP contribution in [0.5, 0.6) is 11.5 Å². The third-order valence-corrected chi connectivity index (χ3v) is 12.8. The van der Waals surface area contributed by atoms with E-state index in [0.717, 1.165) is 34.5 Å². The summed E-state index contributed by atoms with van der Waals surface area (Å²) in [7, 11) is -7.91. The number of ether oxygens (including phenoxy) is 2. The molecule has 40 heavy (non-hydrogen) atoms. The molecule has 2 aliphatic rings. The molecular formula is C28H37N3O6S3. The third-order valence-electron chi connectivity index (χ3n) is 7.67. The number of benzene rings is 2. The summed E-state index contributed by atoms with van der Waals surface area (Å²) in [6.07, 6.45) is 3.84. The Morgan fingerprint density at radius 2 is 1.50 bits per heavy atom. The summed E-state index contributed by atoms with van der Waals surface area (Å²) in [6.45, 7) is 6.87. The number of piperidine rings is 2. The maximum absolute atomic E-state index is 14.0. The van der Waals surface area contributed by atoms with Crippen molar-refractivity contribution in [1.82, 2.24) is 13.6 Å². The van der Waals surface area contributed by atoms with Crippen molar-refractivity contribution in [3.63, 3.8) is 0 Å². The predicted molar refractivity (Wildman–Crippen MR) is 156 cm³/mol. The molecule has 0 aliphatic carbocycles. The minimum Gasteiger partial charge on any atom is -0.492 e. The van der Waals surface area contributed by atoms with Crippen LogP contribution in [0, 0.1) is 0 Å². The highest BCUT2D eigenvalue weighted by Gasteiger charge is 2.38. The van der Waals surface area contributed by atoms with Crippen molar-refractivity contribution >= 4 is 41.6 Å². The second kappa shape index (κ2) is 11.9. The van der Waals surface area contributed by atoms with E-state index in [4.69, 9.17) is 14.5 Å². The molecule has 3 aromatic rings. The normalized spacial score (nSPS) is 20.1. The summed E-state index contributed by atoms with van der Waals surface area (Å²) in [5.74, 6) is 0.252. The van der Waals surface area contributed by atoms with Gasteiger partial charge >= 0.3 is 0 Å². The topological polar surface area (TPSA) is 106 Å². The van der Waals surface area contributed by atoms with Gasteiger partial charge in [0.15, 0.2) is 0 Å². The highest BCUT2D eigenvalue weighted by molar-refractivity contribution is 7.89. The molecule has 2 saturated heterocycles. The van der Waals surface area contributed by atoms with Gasteiger partial charge < -0.3 is 9.47 Å². The first kappa shape index (κ1) is 29.2. The summed E-state index contributed by atoms with van der Waals surface area (Å²) in [5.41, 5.74) is 0.969. The highest BCUT2D eigenvalue weighted by atomic mass is 32.2. The third kappa shape index (κ3) is 5.61. The number of rotatable bonds is 9. The van der Waals surface area contributed by atoms with Gasteiger partial charge in [0.2, 0.25) is 20.0 Å². The van der Waals surface area contributed by atoms with Gasteiger partial charge in [0.05, 0.1) is 28.4 Å². The second-order valence-corrected chi connectivity index (χ2v) is 15.1. The first-order valence-corrected chi connectivity index (χ1v) is 17.7. The van der Waals surface area contributed by atoms with Crippen LogP contribution in [-0.4, -0.2) is 69.3 Å². The molecule has 5 rings (SSSR count). The Morgan fingerprint density at radius 3 is 2.10 bits per heavy atom. The van der Waals surface area contributed by atoms with E-state index in [1.807, 2.05) is 25.1 Å². The number of fused-ring (bicyclic) bond motifs is 1. The molecule has 0 spiro atoms. The zero-order chi connectivity index (χ0) is 28.5. The Bertz CT molecular complexity index is 1530. The van der Waals surface area contributed by atoms with Crippen molar-refractivity contribution in [2.75, 3.05) is 32.8 Å². The molecule has 2 aromatic carbocycles. The van der Waals surface area contributed by atoms with Crippen molar-refractivity contribution in [3.8, 4) is 11.5 Å². The molecule has 218 valence electrons. The number of thiazole rings is 1. The average Bonchev–Trinajstić information content (AvgIpc) is 3.38. The van der Waals surface area contributed by atoms with Crippen molar-refractivity contribution in [2.45, 2.75) is 74.6 Å². The molecule has 12 heteroatoms. The fraction of sp³-hybridized carbons (Fsp3) is 0.536. The zero-order valence-electron chi connectivity index (χ0n) is 23.2. The van der Waals surface area contributed by atoms with Crippen LogP contribution < -0.4 is 9.47 Å². The van der Waals surface area contributed by atoms with Crippen LogP contribution in [0.15, 0.2) is 46.2 Å². The maximum atomic E-state index is 14.0. The number of hydrogen-bond donors (Lipinski definition) is 0. The predicted octanol–water partition coefficient (Wildman–Crippen LogP) is 5.23. The van der Waals surface area contributed by atoms with Crippen LogP contribution in [-0.2, 0) is 20.0 Å². The first-order valence-electron chi connectivity index (χ1n) is 14.0. The maximum Gasteiger partial charge on any atom is 0.247 e. The van der Waals surface area contributed by atoms with Crippen LogP contribution >= 0.6 is 11.3 Å². The Hall–Kier alpha value is -2.25. The smallest absolute Gasteiger partial charge is 0.247 e. The molecule has 1 atom stereocenters. The number of aromatic nitrogens is 1. The van der Waals surface area contributed by atoms with Gasteiger partial charge in [0, 0.05) is 43.7 Å². The molecule has 9 nitrogen and oxygen atoms in total. The molecule has 0 amide bonds. The number of hydrogen-bond acceptors (Lipinski definition) is 8. The van der Waals surface area contributed by atoms with Crippen molar-refractivity contribution < 1.29 is 26.3 Å². The number of nitrogens with zero attached hydrogens (tertiary/aromatic N) is 3. The second-order valence-electron chi connectivity index (χ2n) is 10.3. The molecular weight excluding hydrogens is 571 g/mol. The summed E-state index contributed by atoms with van der Waals surface area (Å²) in [4.78, 5) is 4.66. The van der Waals surface area contributed by atoms with Crippen molar-refractivity contribution in [2.24, 2.45) is 0 Å². The Morgan fingerprint density at radius 1 is 0.875 bits per heavy atom. The van der Waals surface area contributed by atoms with Crippen LogP contribution in [0.1, 0.15) is 63.8 Å². The molecule has 3 heterocycles. The van der Waals surface area contributed by atoms with Crippen LogP contribution in [0.4, 0.5) is 0 Å². The van der Waals surface area contributed by atoms with Crippen LogP contribution in [0.3, 0.4) is 0 Å². The van der Waals surface area contributed by atoms with E-state index in [1.165, 1.54) is 20.7 Å². The highest BCUT2D eigenvalue weighted by Crippen LogP contribution is 2.41. The minimum atomic E-state index is -3.98. The monoisotopic (exact) mass is 607 g/mol. The van der Waals surface area contributed by atoms with Gasteiger partial charge in [-0.15, -0.1) is 11.3 Å². The number of sulfonamides is 2. The molecule has 0 N–H and O–H groups in total.